The fourth-order valence-corrected chi connectivity index (χ4v) is 3.41. The van der Waals surface area contributed by atoms with E-state index in [-0.39, 0.29) is 11.8 Å². The Kier molecular flexibility index (Phi) is 4.31. The number of carbonyl (C=O) groups excluding carboxylic acids is 1. The number of halogens is 1. The minimum Gasteiger partial charge on any atom is -0.497 e. The molecule has 1 aliphatic heterocycles. The largest absolute Gasteiger partial charge is 0.497 e. The number of fused-ring (bicyclic) bond motifs is 1. The molecule has 4 nitrogen and oxygen atoms in total. The lowest BCUT2D eigenvalue weighted by molar-refractivity contribution is -0.119. The van der Waals surface area contributed by atoms with Crippen molar-refractivity contribution in [3.05, 3.63) is 52.0 Å². The molecule has 1 aliphatic rings. The van der Waals surface area contributed by atoms with Crippen molar-refractivity contribution in [3.63, 3.8) is 0 Å². The molecule has 0 fully saturated rings. The van der Waals surface area contributed by atoms with Gasteiger partial charge in [0.15, 0.2) is 0 Å². The van der Waals surface area contributed by atoms with Crippen LogP contribution in [0.3, 0.4) is 0 Å². The van der Waals surface area contributed by atoms with E-state index in [1.165, 1.54) is 0 Å². The van der Waals surface area contributed by atoms with Crippen molar-refractivity contribution in [2.24, 2.45) is 0 Å². The quantitative estimate of drug-likeness (QED) is 0.816. The topological polar surface area (TPSA) is 38.8 Å². The number of ether oxygens (including phenoxy) is 2. The first-order valence-corrected chi connectivity index (χ1v) is 8.12. The van der Waals surface area contributed by atoms with E-state index in [2.05, 4.69) is 15.9 Å². The standard InChI is InChI=1S/C18H18BrNO3/c1-20-16-7-5-12(19)9-14(16)15(18(20)21)8-11-4-6-13(22-2)10-17(11)23-3/h4-7,9-10,15H,8H2,1-3H3. The third-order valence-electron chi connectivity index (χ3n) is 4.27. The predicted molar refractivity (Wildman–Crippen MR) is 93.5 cm³/mol. The molecule has 0 bridgehead atoms. The van der Waals surface area contributed by atoms with E-state index < -0.39 is 0 Å². The van der Waals surface area contributed by atoms with Gasteiger partial charge in [-0.05, 0) is 41.8 Å². The first kappa shape index (κ1) is 15.9. The van der Waals surface area contributed by atoms with E-state index >= 15 is 0 Å². The lowest BCUT2D eigenvalue weighted by atomic mass is 9.92. The number of likely N-dealkylation sites (N-methyl/N-ethyl adjacent to an activating group) is 1. The fraction of sp³-hybridized carbons (Fsp3) is 0.278. The highest BCUT2D eigenvalue weighted by molar-refractivity contribution is 9.10. The molecule has 1 heterocycles. The molecule has 3 rings (SSSR count). The highest BCUT2D eigenvalue weighted by Gasteiger charge is 2.35. The van der Waals surface area contributed by atoms with Gasteiger partial charge in [-0.2, -0.15) is 0 Å². The van der Waals surface area contributed by atoms with Crippen molar-refractivity contribution >= 4 is 27.5 Å². The number of nitrogens with zero attached hydrogens (tertiary/aromatic N) is 1. The van der Waals surface area contributed by atoms with Crippen LogP contribution < -0.4 is 14.4 Å². The highest BCUT2D eigenvalue weighted by atomic mass is 79.9. The Bertz CT molecular complexity index is 760. The number of benzene rings is 2. The minimum atomic E-state index is -0.199. The first-order valence-electron chi connectivity index (χ1n) is 7.33. The summed E-state index contributed by atoms with van der Waals surface area (Å²) in [5, 5.41) is 0. The van der Waals surface area contributed by atoms with E-state index in [0.29, 0.717) is 6.42 Å². The summed E-state index contributed by atoms with van der Waals surface area (Å²) in [7, 11) is 5.07. The molecule has 23 heavy (non-hydrogen) atoms. The van der Waals surface area contributed by atoms with Crippen molar-refractivity contribution in [1.29, 1.82) is 0 Å². The van der Waals surface area contributed by atoms with Gasteiger partial charge in [0.2, 0.25) is 5.91 Å². The van der Waals surface area contributed by atoms with Crippen LogP contribution in [-0.4, -0.2) is 27.2 Å². The number of carbonyl (C=O) groups is 1. The van der Waals surface area contributed by atoms with Crippen LogP contribution >= 0.6 is 15.9 Å². The van der Waals surface area contributed by atoms with E-state index in [4.69, 9.17) is 9.47 Å². The van der Waals surface area contributed by atoms with Crippen molar-refractivity contribution < 1.29 is 14.3 Å². The maximum atomic E-state index is 12.6. The zero-order valence-corrected chi connectivity index (χ0v) is 14.9. The Morgan fingerprint density at radius 2 is 1.91 bits per heavy atom. The molecule has 0 aliphatic carbocycles. The molecular weight excluding hydrogens is 358 g/mol. The van der Waals surface area contributed by atoms with Crippen LogP contribution in [0.25, 0.3) is 0 Å². The average molecular weight is 376 g/mol. The number of anilines is 1. The van der Waals surface area contributed by atoms with Crippen LogP contribution in [0, 0.1) is 0 Å². The third kappa shape index (κ3) is 2.81. The van der Waals surface area contributed by atoms with Crippen molar-refractivity contribution in [1.82, 2.24) is 0 Å². The summed E-state index contributed by atoms with van der Waals surface area (Å²) >= 11 is 3.49. The summed E-state index contributed by atoms with van der Waals surface area (Å²) in [5.74, 6) is 1.39. The molecule has 1 amide bonds. The summed E-state index contributed by atoms with van der Waals surface area (Å²) in [5.41, 5.74) is 3.01. The van der Waals surface area contributed by atoms with Crippen LogP contribution in [0.2, 0.25) is 0 Å². The monoisotopic (exact) mass is 375 g/mol. The van der Waals surface area contributed by atoms with Gasteiger partial charge in [-0.25, -0.2) is 0 Å². The van der Waals surface area contributed by atoms with Gasteiger partial charge in [0, 0.05) is 23.3 Å². The summed E-state index contributed by atoms with van der Waals surface area (Å²) in [6, 6.07) is 11.7. The molecule has 0 saturated carbocycles. The molecule has 120 valence electrons. The van der Waals surface area contributed by atoms with Gasteiger partial charge in [0.05, 0.1) is 20.1 Å². The molecule has 2 aromatic carbocycles. The maximum Gasteiger partial charge on any atom is 0.234 e. The maximum absolute atomic E-state index is 12.6. The second-order valence-electron chi connectivity index (χ2n) is 5.53. The molecule has 5 heteroatoms. The summed E-state index contributed by atoms with van der Waals surface area (Å²) in [6.07, 6.45) is 0.597. The SMILES string of the molecule is COc1ccc(CC2C(=O)N(C)c3ccc(Br)cc32)c(OC)c1. The van der Waals surface area contributed by atoms with Crippen molar-refractivity contribution in [2.45, 2.75) is 12.3 Å². The van der Waals surface area contributed by atoms with E-state index in [1.54, 1.807) is 19.1 Å². The molecule has 0 aromatic heterocycles. The Hall–Kier alpha value is -2.01. The summed E-state index contributed by atoms with van der Waals surface area (Å²) in [4.78, 5) is 14.4. The molecular formula is C18H18BrNO3. The fourth-order valence-electron chi connectivity index (χ4n) is 3.03. The van der Waals surface area contributed by atoms with Gasteiger partial charge in [0.25, 0.3) is 0 Å². The Morgan fingerprint density at radius 1 is 1.13 bits per heavy atom. The van der Waals surface area contributed by atoms with Gasteiger partial charge in [0.1, 0.15) is 11.5 Å². The lowest BCUT2D eigenvalue weighted by Crippen LogP contribution is -2.25. The van der Waals surface area contributed by atoms with E-state index in [1.807, 2.05) is 43.4 Å². The number of amides is 1. The lowest BCUT2D eigenvalue weighted by Gasteiger charge is -2.14. The minimum absolute atomic E-state index is 0.107. The van der Waals surface area contributed by atoms with Gasteiger partial charge < -0.3 is 14.4 Å². The van der Waals surface area contributed by atoms with Crippen LogP contribution in [0.4, 0.5) is 5.69 Å². The number of hydrogen-bond acceptors (Lipinski definition) is 3. The molecule has 1 atom stereocenters. The zero-order chi connectivity index (χ0) is 16.6. The summed E-state index contributed by atoms with van der Waals surface area (Å²) in [6.45, 7) is 0. The number of methoxy groups -OCH3 is 2. The highest BCUT2D eigenvalue weighted by Crippen LogP contribution is 2.41. The predicted octanol–water partition coefficient (Wildman–Crippen LogP) is 3.77. The van der Waals surface area contributed by atoms with Gasteiger partial charge >= 0.3 is 0 Å². The van der Waals surface area contributed by atoms with Gasteiger partial charge in [-0.15, -0.1) is 0 Å². The Balaban J connectivity index is 1.98. The van der Waals surface area contributed by atoms with E-state index in [9.17, 15) is 4.79 Å². The molecule has 0 saturated heterocycles. The number of hydrogen-bond donors (Lipinski definition) is 0. The normalized spacial score (nSPS) is 16.4. The third-order valence-corrected chi connectivity index (χ3v) is 4.77. The average Bonchev–Trinajstić information content (AvgIpc) is 2.79. The molecule has 0 radical (unpaired) electrons. The first-order chi connectivity index (χ1) is 11.0. The molecule has 0 spiro atoms. The summed E-state index contributed by atoms with van der Waals surface area (Å²) < 4.78 is 11.7. The molecule has 1 unspecified atom stereocenters. The van der Waals surface area contributed by atoms with Crippen LogP contribution in [-0.2, 0) is 11.2 Å². The Labute approximate surface area is 144 Å². The van der Waals surface area contributed by atoms with Crippen LogP contribution in [0.5, 0.6) is 11.5 Å². The zero-order valence-electron chi connectivity index (χ0n) is 13.3. The second-order valence-corrected chi connectivity index (χ2v) is 6.45. The molecule has 0 N–H and O–H groups in total. The van der Waals surface area contributed by atoms with Gasteiger partial charge in [-0.3, -0.25) is 4.79 Å². The smallest absolute Gasteiger partial charge is 0.234 e. The van der Waals surface area contributed by atoms with E-state index in [0.717, 1.165) is 32.8 Å². The Morgan fingerprint density at radius 3 is 2.61 bits per heavy atom. The second kappa shape index (κ2) is 6.24. The van der Waals surface area contributed by atoms with Gasteiger partial charge in [-0.1, -0.05) is 22.0 Å². The van der Waals surface area contributed by atoms with Crippen molar-refractivity contribution in [2.75, 3.05) is 26.2 Å². The van der Waals surface area contributed by atoms with Crippen molar-refractivity contribution in [3.8, 4) is 11.5 Å². The molecule has 2 aromatic rings. The van der Waals surface area contributed by atoms with Crippen LogP contribution in [0.1, 0.15) is 17.0 Å². The van der Waals surface area contributed by atoms with Crippen LogP contribution in [0.15, 0.2) is 40.9 Å². The number of rotatable bonds is 4.